The van der Waals surface area contributed by atoms with Gasteiger partial charge in [0.15, 0.2) is 5.82 Å². The highest BCUT2D eigenvalue weighted by Crippen LogP contribution is 2.39. The Labute approximate surface area is 123 Å². The highest BCUT2D eigenvalue weighted by atomic mass is 16.2. The fourth-order valence-corrected chi connectivity index (χ4v) is 2.22. The van der Waals surface area contributed by atoms with Gasteiger partial charge in [0.1, 0.15) is 5.82 Å². The molecular formula is C14H20N6O. The molecule has 1 aliphatic rings. The molecule has 3 rings (SSSR count). The number of nitrogens with one attached hydrogen (secondary N) is 2. The Morgan fingerprint density at radius 1 is 1.38 bits per heavy atom. The van der Waals surface area contributed by atoms with Gasteiger partial charge in [-0.3, -0.25) is 9.20 Å². The molecule has 1 saturated carbocycles. The average molecular weight is 288 g/mol. The number of rotatable bonds is 4. The van der Waals surface area contributed by atoms with Crippen molar-refractivity contribution >= 4 is 17.4 Å². The first kappa shape index (κ1) is 13.8. The van der Waals surface area contributed by atoms with Crippen molar-refractivity contribution in [2.24, 2.45) is 0 Å². The van der Waals surface area contributed by atoms with Crippen molar-refractivity contribution in [2.75, 3.05) is 11.9 Å². The van der Waals surface area contributed by atoms with Gasteiger partial charge < -0.3 is 10.6 Å². The lowest BCUT2D eigenvalue weighted by atomic mass is 10.1. The quantitative estimate of drug-likeness (QED) is 0.886. The van der Waals surface area contributed by atoms with Gasteiger partial charge in [-0.1, -0.05) is 0 Å². The fraction of sp³-hybridized carbons (Fsp3) is 0.571. The van der Waals surface area contributed by atoms with Gasteiger partial charge in [0.2, 0.25) is 11.6 Å². The summed E-state index contributed by atoms with van der Waals surface area (Å²) in [6, 6.07) is 0. The maximum Gasteiger partial charge on any atom is 0.239 e. The third-order valence-corrected chi connectivity index (χ3v) is 3.23. The van der Waals surface area contributed by atoms with E-state index in [0.29, 0.717) is 17.4 Å². The van der Waals surface area contributed by atoms with Gasteiger partial charge in [-0.05, 0) is 33.6 Å². The van der Waals surface area contributed by atoms with Gasteiger partial charge >= 0.3 is 0 Å². The maximum atomic E-state index is 11.8. The van der Waals surface area contributed by atoms with Crippen LogP contribution in [-0.4, -0.2) is 37.6 Å². The predicted molar refractivity (Wildman–Crippen MR) is 79.1 cm³/mol. The Balaban J connectivity index is 1.74. The van der Waals surface area contributed by atoms with E-state index in [-0.39, 0.29) is 18.0 Å². The molecule has 0 aromatic carbocycles. The Morgan fingerprint density at radius 3 is 2.81 bits per heavy atom. The molecule has 0 bridgehead atoms. The van der Waals surface area contributed by atoms with Crippen LogP contribution in [0, 0.1) is 0 Å². The van der Waals surface area contributed by atoms with E-state index in [1.54, 1.807) is 6.20 Å². The van der Waals surface area contributed by atoms with Gasteiger partial charge in [0.25, 0.3) is 0 Å². The Kier molecular flexibility index (Phi) is 3.27. The smallest absolute Gasteiger partial charge is 0.239 e. The van der Waals surface area contributed by atoms with E-state index in [9.17, 15) is 4.79 Å². The molecule has 2 aromatic heterocycles. The summed E-state index contributed by atoms with van der Waals surface area (Å²) >= 11 is 0. The third kappa shape index (κ3) is 3.12. The number of anilines is 1. The fourth-order valence-electron chi connectivity index (χ4n) is 2.22. The van der Waals surface area contributed by atoms with Gasteiger partial charge in [-0.2, -0.15) is 0 Å². The highest BCUT2D eigenvalue weighted by Gasteiger charge is 2.29. The number of carbonyl (C=O) groups is 1. The Morgan fingerprint density at radius 2 is 2.14 bits per heavy atom. The monoisotopic (exact) mass is 288 g/mol. The molecule has 1 fully saturated rings. The second-order valence-electron chi connectivity index (χ2n) is 6.45. The first-order valence-electron chi connectivity index (χ1n) is 7.18. The molecule has 2 heterocycles. The van der Waals surface area contributed by atoms with E-state index >= 15 is 0 Å². The molecule has 2 aromatic rings. The second kappa shape index (κ2) is 4.98. The molecule has 1 amide bonds. The molecule has 0 spiro atoms. The van der Waals surface area contributed by atoms with Crippen LogP contribution < -0.4 is 10.6 Å². The number of hydrogen-bond donors (Lipinski definition) is 2. The number of hydrogen-bond acceptors (Lipinski definition) is 5. The SMILES string of the molecule is CC(C)(C)NC(=O)CNc1nccn2c(C3CC3)nnc12. The van der Waals surface area contributed by atoms with Crippen LogP contribution in [0.15, 0.2) is 12.4 Å². The predicted octanol–water partition coefficient (Wildman–Crippen LogP) is 1.33. The van der Waals surface area contributed by atoms with Gasteiger partial charge in [0, 0.05) is 23.9 Å². The summed E-state index contributed by atoms with van der Waals surface area (Å²) in [5, 5.41) is 14.4. The minimum absolute atomic E-state index is 0.0757. The summed E-state index contributed by atoms with van der Waals surface area (Å²) in [5.74, 6) is 2.00. The zero-order valence-corrected chi connectivity index (χ0v) is 12.6. The van der Waals surface area contributed by atoms with Crippen molar-refractivity contribution in [3.63, 3.8) is 0 Å². The van der Waals surface area contributed by atoms with Crippen LogP contribution in [0.4, 0.5) is 5.82 Å². The minimum Gasteiger partial charge on any atom is -0.358 e. The summed E-state index contributed by atoms with van der Waals surface area (Å²) in [7, 11) is 0. The van der Waals surface area contributed by atoms with Crippen molar-refractivity contribution < 1.29 is 4.79 Å². The van der Waals surface area contributed by atoms with Gasteiger partial charge in [0.05, 0.1) is 6.54 Å². The molecule has 1 aliphatic carbocycles. The summed E-state index contributed by atoms with van der Waals surface area (Å²) < 4.78 is 1.95. The summed E-state index contributed by atoms with van der Waals surface area (Å²) in [4.78, 5) is 16.1. The lowest BCUT2D eigenvalue weighted by molar-refractivity contribution is -0.120. The van der Waals surface area contributed by atoms with E-state index in [1.807, 2.05) is 31.4 Å². The molecule has 0 saturated heterocycles. The number of amides is 1. The Hall–Kier alpha value is -2.18. The standard InChI is InChI=1S/C14H20N6O/c1-14(2,3)17-10(21)8-16-11-13-19-18-12(9-4-5-9)20(13)7-6-15-11/h6-7,9H,4-5,8H2,1-3H3,(H,15,16)(H,17,21). The first-order valence-corrected chi connectivity index (χ1v) is 7.18. The summed E-state index contributed by atoms with van der Waals surface area (Å²) in [6.45, 7) is 6.01. The minimum atomic E-state index is -0.244. The largest absolute Gasteiger partial charge is 0.358 e. The van der Waals surface area contributed by atoms with Crippen molar-refractivity contribution in [3.05, 3.63) is 18.2 Å². The molecular weight excluding hydrogens is 268 g/mol. The lowest BCUT2D eigenvalue weighted by Gasteiger charge is -2.20. The Bertz CT molecular complexity index is 668. The van der Waals surface area contributed by atoms with E-state index < -0.39 is 0 Å². The van der Waals surface area contributed by atoms with Crippen molar-refractivity contribution in [3.8, 4) is 0 Å². The molecule has 0 aliphatic heterocycles. The molecule has 112 valence electrons. The molecule has 7 nitrogen and oxygen atoms in total. The van der Waals surface area contributed by atoms with Crippen molar-refractivity contribution in [1.29, 1.82) is 0 Å². The molecule has 21 heavy (non-hydrogen) atoms. The van der Waals surface area contributed by atoms with Gasteiger partial charge in [-0.15, -0.1) is 10.2 Å². The molecule has 7 heteroatoms. The number of aromatic nitrogens is 4. The zero-order valence-electron chi connectivity index (χ0n) is 12.6. The lowest BCUT2D eigenvalue weighted by Crippen LogP contribution is -2.43. The average Bonchev–Trinajstić information content (AvgIpc) is 3.14. The first-order chi connectivity index (χ1) is 9.94. The second-order valence-corrected chi connectivity index (χ2v) is 6.45. The topological polar surface area (TPSA) is 84.2 Å². The van der Waals surface area contributed by atoms with Crippen LogP contribution in [0.3, 0.4) is 0 Å². The zero-order chi connectivity index (χ0) is 15.0. The molecule has 0 atom stereocenters. The normalized spacial score (nSPS) is 15.2. The summed E-state index contributed by atoms with van der Waals surface area (Å²) in [5.41, 5.74) is 0.426. The summed E-state index contributed by atoms with van der Waals surface area (Å²) in [6.07, 6.45) is 5.90. The van der Waals surface area contributed by atoms with E-state index in [2.05, 4.69) is 25.8 Å². The van der Waals surface area contributed by atoms with Crippen LogP contribution in [-0.2, 0) is 4.79 Å². The molecule has 0 radical (unpaired) electrons. The van der Waals surface area contributed by atoms with E-state index in [1.165, 1.54) is 12.8 Å². The molecule has 0 unspecified atom stereocenters. The van der Waals surface area contributed by atoms with Crippen LogP contribution in [0.25, 0.3) is 5.65 Å². The van der Waals surface area contributed by atoms with Crippen LogP contribution in [0.1, 0.15) is 45.4 Å². The van der Waals surface area contributed by atoms with E-state index in [0.717, 1.165) is 5.82 Å². The van der Waals surface area contributed by atoms with Crippen molar-refractivity contribution in [1.82, 2.24) is 24.9 Å². The van der Waals surface area contributed by atoms with E-state index in [4.69, 9.17) is 0 Å². The van der Waals surface area contributed by atoms with Crippen LogP contribution in [0.2, 0.25) is 0 Å². The number of nitrogens with zero attached hydrogens (tertiary/aromatic N) is 4. The molecule has 2 N–H and O–H groups in total. The maximum absolute atomic E-state index is 11.8. The van der Waals surface area contributed by atoms with Crippen LogP contribution in [0.5, 0.6) is 0 Å². The number of fused-ring (bicyclic) bond motifs is 1. The third-order valence-electron chi connectivity index (χ3n) is 3.23. The van der Waals surface area contributed by atoms with Crippen molar-refractivity contribution in [2.45, 2.75) is 45.1 Å². The highest BCUT2D eigenvalue weighted by molar-refractivity contribution is 5.82. The van der Waals surface area contributed by atoms with Gasteiger partial charge in [-0.25, -0.2) is 4.98 Å². The van der Waals surface area contributed by atoms with Crippen LogP contribution >= 0.6 is 0 Å². The number of carbonyl (C=O) groups excluding carboxylic acids is 1.